The number of carbonyl (C=O) groups is 2. The van der Waals surface area contributed by atoms with E-state index in [9.17, 15) is 9.59 Å². The first-order chi connectivity index (χ1) is 12.9. The third-order valence-electron chi connectivity index (χ3n) is 5.65. The second kappa shape index (κ2) is 7.79. The Morgan fingerprint density at radius 2 is 2.00 bits per heavy atom. The van der Waals surface area contributed by atoms with Gasteiger partial charge in [-0.1, -0.05) is 18.2 Å². The summed E-state index contributed by atoms with van der Waals surface area (Å²) in [4.78, 5) is 26.2. The van der Waals surface area contributed by atoms with E-state index in [1.807, 2.05) is 24.3 Å². The number of rotatable bonds is 8. The molecule has 144 valence electrons. The van der Waals surface area contributed by atoms with Crippen LogP contribution in [0, 0.1) is 0 Å². The maximum atomic E-state index is 11.9. The zero-order valence-corrected chi connectivity index (χ0v) is 16.3. The molecule has 2 N–H and O–H groups in total. The van der Waals surface area contributed by atoms with Gasteiger partial charge in [0, 0.05) is 35.8 Å². The Morgan fingerprint density at radius 1 is 1.22 bits per heavy atom. The first-order valence-corrected chi connectivity index (χ1v) is 9.54. The van der Waals surface area contributed by atoms with Crippen molar-refractivity contribution >= 4 is 17.3 Å². The van der Waals surface area contributed by atoms with Gasteiger partial charge >= 0.3 is 0 Å². The van der Waals surface area contributed by atoms with Crippen LogP contribution in [0.3, 0.4) is 0 Å². The lowest BCUT2D eigenvalue weighted by Crippen LogP contribution is -2.46. The third kappa shape index (κ3) is 3.62. The number of Topliss-reactive ketones (excluding diaryl/α,β-unsaturated/α-hetero) is 2. The van der Waals surface area contributed by atoms with E-state index in [0.717, 1.165) is 36.3 Å². The fraction of sp³-hybridized carbons (Fsp3) is 0.455. The quantitative estimate of drug-likeness (QED) is 0.545. The number of allylic oxidation sites excluding steroid dienone is 2. The normalized spacial score (nSPS) is 23.0. The molecule has 0 saturated carbocycles. The Labute approximate surface area is 160 Å². The molecule has 5 heteroatoms. The average molecular weight is 368 g/mol. The van der Waals surface area contributed by atoms with Crippen molar-refractivity contribution in [3.63, 3.8) is 0 Å². The first-order valence-electron chi connectivity index (χ1n) is 9.54. The van der Waals surface area contributed by atoms with E-state index >= 15 is 0 Å². The van der Waals surface area contributed by atoms with Gasteiger partial charge in [-0.05, 0) is 57.5 Å². The van der Waals surface area contributed by atoms with Gasteiger partial charge in [-0.25, -0.2) is 0 Å². The van der Waals surface area contributed by atoms with E-state index in [0.29, 0.717) is 12.1 Å². The maximum Gasteiger partial charge on any atom is 0.159 e. The van der Waals surface area contributed by atoms with Gasteiger partial charge < -0.3 is 15.3 Å². The number of nitrogens with zero attached hydrogens (tertiary/aromatic N) is 1. The molecule has 1 aliphatic heterocycles. The second-order valence-corrected chi connectivity index (χ2v) is 7.52. The summed E-state index contributed by atoms with van der Waals surface area (Å²) >= 11 is 0. The monoisotopic (exact) mass is 368 g/mol. The van der Waals surface area contributed by atoms with Gasteiger partial charge in [0.1, 0.15) is 0 Å². The number of benzene rings is 1. The van der Waals surface area contributed by atoms with E-state index in [1.54, 1.807) is 13.8 Å². The van der Waals surface area contributed by atoms with Gasteiger partial charge in [0.25, 0.3) is 0 Å². The van der Waals surface area contributed by atoms with E-state index in [4.69, 9.17) is 5.11 Å². The van der Waals surface area contributed by atoms with Gasteiger partial charge in [-0.3, -0.25) is 9.59 Å². The summed E-state index contributed by atoms with van der Waals surface area (Å²) in [6.07, 6.45) is 7.04. The van der Waals surface area contributed by atoms with Crippen LogP contribution in [0.15, 0.2) is 42.0 Å². The molecular formula is C22H28N2O3. The average Bonchev–Trinajstić information content (AvgIpc) is 2.88. The second-order valence-electron chi connectivity index (χ2n) is 7.52. The molecule has 1 aromatic carbocycles. The summed E-state index contributed by atoms with van der Waals surface area (Å²) in [5.74, 6) is 0.151. The molecule has 0 bridgehead atoms. The standard InChI is InChI=1S/C22H28N2O3/c1-15(26)17-5-6-21-19(13-17)20-14-18(16(2)27)7-8-22(20,3)24(21)11-4-9-23-10-12-25/h5-8,13-14,20,23,25H,4,9-12H2,1-3H3. The molecule has 0 fully saturated rings. The number of hydrogen-bond donors (Lipinski definition) is 2. The zero-order valence-electron chi connectivity index (χ0n) is 16.3. The van der Waals surface area contributed by atoms with E-state index < -0.39 is 0 Å². The van der Waals surface area contributed by atoms with Crippen molar-refractivity contribution in [2.24, 2.45) is 0 Å². The minimum atomic E-state index is -0.256. The lowest BCUT2D eigenvalue weighted by molar-refractivity contribution is -0.113. The van der Waals surface area contributed by atoms with Gasteiger partial charge in [-0.2, -0.15) is 0 Å². The molecule has 0 saturated heterocycles. The van der Waals surface area contributed by atoms with Gasteiger partial charge in [-0.15, -0.1) is 0 Å². The molecule has 0 aromatic heterocycles. The number of nitrogens with one attached hydrogen (secondary N) is 1. The number of aliphatic hydroxyl groups is 1. The lowest BCUT2D eigenvalue weighted by Gasteiger charge is -2.40. The number of fused-ring (bicyclic) bond motifs is 3. The van der Waals surface area contributed by atoms with Crippen molar-refractivity contribution in [1.29, 1.82) is 0 Å². The predicted molar refractivity (Wildman–Crippen MR) is 107 cm³/mol. The Bertz CT molecular complexity index is 812. The highest BCUT2D eigenvalue weighted by atomic mass is 16.3. The van der Waals surface area contributed by atoms with Crippen molar-refractivity contribution in [3.05, 3.63) is 53.1 Å². The summed E-state index contributed by atoms with van der Waals surface area (Å²) in [6.45, 7) is 7.78. The number of anilines is 1. The van der Waals surface area contributed by atoms with Crippen LogP contribution < -0.4 is 10.2 Å². The van der Waals surface area contributed by atoms with Crippen LogP contribution in [-0.4, -0.2) is 48.5 Å². The smallest absolute Gasteiger partial charge is 0.159 e. The van der Waals surface area contributed by atoms with Gasteiger partial charge in [0.05, 0.1) is 12.1 Å². The molecule has 5 nitrogen and oxygen atoms in total. The molecule has 1 aliphatic carbocycles. The fourth-order valence-electron chi connectivity index (χ4n) is 4.12. The van der Waals surface area contributed by atoms with Gasteiger partial charge in [0.2, 0.25) is 0 Å². The Balaban J connectivity index is 1.95. The summed E-state index contributed by atoms with van der Waals surface area (Å²) < 4.78 is 0. The zero-order chi connectivity index (χ0) is 19.6. The molecule has 1 heterocycles. The molecule has 2 atom stereocenters. The number of hydrogen-bond acceptors (Lipinski definition) is 5. The summed E-state index contributed by atoms with van der Waals surface area (Å²) in [6, 6.07) is 5.90. The van der Waals surface area contributed by atoms with Crippen molar-refractivity contribution in [3.8, 4) is 0 Å². The maximum absolute atomic E-state index is 11.9. The van der Waals surface area contributed by atoms with Crippen LogP contribution in [-0.2, 0) is 4.79 Å². The summed E-state index contributed by atoms with van der Waals surface area (Å²) in [7, 11) is 0. The summed E-state index contributed by atoms with van der Waals surface area (Å²) in [5, 5.41) is 12.1. The molecule has 0 amide bonds. The van der Waals surface area contributed by atoms with Crippen molar-refractivity contribution in [2.75, 3.05) is 31.1 Å². The molecule has 3 rings (SSSR count). The van der Waals surface area contributed by atoms with Crippen LogP contribution >= 0.6 is 0 Å². The van der Waals surface area contributed by atoms with Gasteiger partial charge in [0.15, 0.2) is 11.6 Å². The third-order valence-corrected chi connectivity index (χ3v) is 5.65. The number of ketones is 2. The molecule has 27 heavy (non-hydrogen) atoms. The number of aliphatic hydroxyl groups excluding tert-OH is 1. The van der Waals surface area contributed by atoms with Crippen LogP contribution in [0.1, 0.15) is 49.0 Å². The first kappa shape index (κ1) is 19.5. The van der Waals surface area contributed by atoms with Crippen LogP contribution in [0.5, 0.6) is 0 Å². The SMILES string of the molecule is CC(=O)C1=CC2c3cc(C(C)=O)ccc3N(CCCNCCO)C2(C)C=C1. The molecule has 0 spiro atoms. The molecule has 1 aromatic rings. The highest BCUT2D eigenvalue weighted by Gasteiger charge is 2.46. The Kier molecular flexibility index (Phi) is 5.63. The molecule has 2 unspecified atom stereocenters. The highest BCUT2D eigenvalue weighted by Crippen LogP contribution is 2.51. The molecule has 0 radical (unpaired) electrons. The highest BCUT2D eigenvalue weighted by molar-refractivity contribution is 5.98. The van der Waals surface area contributed by atoms with E-state index in [2.05, 4.69) is 29.3 Å². The lowest BCUT2D eigenvalue weighted by atomic mass is 9.78. The molecular weight excluding hydrogens is 340 g/mol. The summed E-state index contributed by atoms with van der Waals surface area (Å²) in [5.41, 5.74) is 3.41. The molecule has 2 aliphatic rings. The fourth-order valence-corrected chi connectivity index (χ4v) is 4.12. The largest absolute Gasteiger partial charge is 0.395 e. The minimum Gasteiger partial charge on any atom is -0.395 e. The van der Waals surface area contributed by atoms with Crippen molar-refractivity contribution in [1.82, 2.24) is 5.32 Å². The van der Waals surface area contributed by atoms with Crippen molar-refractivity contribution in [2.45, 2.75) is 38.6 Å². The predicted octanol–water partition coefficient (Wildman–Crippen LogP) is 2.61. The Hall–Kier alpha value is -2.24. The van der Waals surface area contributed by atoms with Crippen LogP contribution in [0.2, 0.25) is 0 Å². The number of carbonyl (C=O) groups excluding carboxylic acids is 2. The Morgan fingerprint density at radius 3 is 2.67 bits per heavy atom. The van der Waals surface area contributed by atoms with Crippen LogP contribution in [0.4, 0.5) is 5.69 Å². The van der Waals surface area contributed by atoms with E-state index in [-0.39, 0.29) is 29.6 Å². The van der Waals surface area contributed by atoms with Crippen molar-refractivity contribution < 1.29 is 14.7 Å². The van der Waals surface area contributed by atoms with E-state index in [1.165, 1.54) is 0 Å². The minimum absolute atomic E-state index is 0.0427. The van der Waals surface area contributed by atoms with Crippen LogP contribution in [0.25, 0.3) is 0 Å². The topological polar surface area (TPSA) is 69.6 Å².